The maximum Gasteiger partial charge on any atom is 0.242 e. The van der Waals surface area contributed by atoms with Gasteiger partial charge in [0.15, 0.2) is 23.1 Å². The summed E-state index contributed by atoms with van der Waals surface area (Å²) in [4.78, 5) is 32.6. The summed E-state index contributed by atoms with van der Waals surface area (Å²) in [5.41, 5.74) is 15.1. The molecule has 4 aromatic rings. The fourth-order valence-corrected chi connectivity index (χ4v) is 5.37. The zero-order valence-electron chi connectivity index (χ0n) is 21.7. The summed E-state index contributed by atoms with van der Waals surface area (Å²) in [6.45, 7) is 2.37. The van der Waals surface area contributed by atoms with E-state index in [4.69, 9.17) is 16.2 Å². The highest BCUT2D eigenvalue weighted by Gasteiger charge is 2.40. The number of hydrogen-bond donors (Lipinski definition) is 3. The van der Waals surface area contributed by atoms with Crippen molar-refractivity contribution in [3.8, 4) is 11.3 Å². The molecule has 1 aromatic carbocycles. The van der Waals surface area contributed by atoms with Crippen molar-refractivity contribution in [3.63, 3.8) is 0 Å². The van der Waals surface area contributed by atoms with Gasteiger partial charge in [0.05, 0.1) is 43.1 Å². The first-order chi connectivity index (χ1) is 19.3. The Labute approximate surface area is 228 Å². The summed E-state index contributed by atoms with van der Waals surface area (Å²) in [6, 6.07) is 5.45. The number of amides is 1. The second-order valence-corrected chi connectivity index (χ2v) is 10.3. The van der Waals surface area contributed by atoms with E-state index in [1.807, 2.05) is 15.5 Å². The van der Waals surface area contributed by atoms with Crippen molar-refractivity contribution >= 4 is 28.6 Å². The molecule has 2 fully saturated rings. The molecule has 40 heavy (non-hydrogen) atoms. The third-order valence-corrected chi connectivity index (χ3v) is 7.53. The minimum absolute atomic E-state index is 0.0418. The van der Waals surface area contributed by atoms with Crippen LogP contribution in [0, 0.1) is 11.6 Å². The molecule has 5 heterocycles. The van der Waals surface area contributed by atoms with Gasteiger partial charge in [0.2, 0.25) is 5.91 Å². The maximum atomic E-state index is 14.1. The zero-order chi connectivity index (χ0) is 27.9. The predicted octanol–water partition coefficient (Wildman–Crippen LogP) is 2.00. The van der Waals surface area contributed by atoms with Crippen molar-refractivity contribution in [3.05, 3.63) is 60.3 Å². The molecule has 1 amide bonds. The first-order valence-corrected chi connectivity index (χ1v) is 13.1. The minimum Gasteiger partial charge on any atom is -0.382 e. The Balaban J connectivity index is 1.36. The summed E-state index contributed by atoms with van der Waals surface area (Å²) in [5, 5.41) is 3.04. The Morgan fingerprint density at radius 2 is 2.05 bits per heavy atom. The number of ether oxygens (including phenoxy) is 1. The number of hydrogen-bond acceptors (Lipinski definition) is 9. The van der Waals surface area contributed by atoms with Crippen LogP contribution in [0.3, 0.4) is 0 Å². The Hall–Kier alpha value is -4.23. The average molecular weight is 550 g/mol. The number of nitrogens with two attached hydrogens (primary N) is 2. The van der Waals surface area contributed by atoms with E-state index in [1.54, 1.807) is 12.5 Å². The van der Waals surface area contributed by atoms with Crippen molar-refractivity contribution < 1.29 is 18.3 Å². The van der Waals surface area contributed by atoms with Crippen LogP contribution >= 0.6 is 0 Å². The lowest BCUT2D eigenvalue weighted by Gasteiger charge is -2.41. The van der Waals surface area contributed by atoms with Gasteiger partial charge < -0.3 is 31.0 Å². The number of rotatable bonds is 6. The van der Waals surface area contributed by atoms with Crippen LogP contribution in [0.1, 0.15) is 24.8 Å². The topological polar surface area (TPSA) is 150 Å². The molecular formula is C27H29F2N9O2. The molecular weight excluding hydrogens is 520 g/mol. The average Bonchev–Trinajstić information content (AvgIpc) is 3.61. The quantitative estimate of drug-likeness (QED) is 0.328. The molecule has 2 atom stereocenters. The van der Waals surface area contributed by atoms with Crippen molar-refractivity contribution in [2.75, 3.05) is 36.9 Å². The molecule has 0 aliphatic carbocycles. The highest BCUT2D eigenvalue weighted by atomic mass is 19.2. The summed E-state index contributed by atoms with van der Waals surface area (Å²) in [5.74, 6) is -1.82. The summed E-state index contributed by atoms with van der Waals surface area (Å²) in [6.07, 6.45) is 6.68. The van der Waals surface area contributed by atoms with Crippen LogP contribution in [0.15, 0.2) is 43.1 Å². The SMILES string of the molecule is Nc1ncnc2c1ncn2Cc1cc(-c2ccc(F)c(F)c2)ncc1N1CCCC(N)(C(=O)NC2CCOC2)C1. The van der Waals surface area contributed by atoms with Gasteiger partial charge in [0, 0.05) is 25.3 Å². The number of nitrogens with zero attached hydrogens (tertiary/aromatic N) is 6. The number of pyridine rings is 1. The highest BCUT2D eigenvalue weighted by Crippen LogP contribution is 2.32. The number of carbonyl (C=O) groups excluding carboxylic acids is 1. The molecule has 2 unspecified atom stereocenters. The number of piperidine rings is 1. The fourth-order valence-electron chi connectivity index (χ4n) is 5.37. The molecule has 2 saturated heterocycles. The largest absolute Gasteiger partial charge is 0.382 e. The number of benzene rings is 1. The van der Waals surface area contributed by atoms with E-state index in [0.29, 0.717) is 61.6 Å². The molecule has 0 spiro atoms. The molecule has 6 rings (SSSR count). The first kappa shape index (κ1) is 26.0. The third-order valence-electron chi connectivity index (χ3n) is 7.53. The zero-order valence-corrected chi connectivity index (χ0v) is 21.7. The van der Waals surface area contributed by atoms with Crippen molar-refractivity contribution in [2.24, 2.45) is 5.73 Å². The third kappa shape index (κ3) is 4.93. The number of nitrogens with one attached hydrogen (secondary N) is 1. The standard InChI is InChI=1S/C27H29F2N9O2/c28-19-3-2-16(8-20(19)29)21-9-17(11-38-15-35-23-24(30)33-14-34-25(23)38)22(10-32-21)37-6-1-5-27(31,13-37)26(39)36-18-4-7-40-12-18/h2-3,8-10,14-15,18H,1,4-7,11-13,31H2,(H,36,39)(H2,30,33,34). The number of halogens is 2. The molecule has 0 bridgehead atoms. The van der Waals surface area contributed by atoms with Crippen molar-refractivity contribution in [1.29, 1.82) is 0 Å². The first-order valence-electron chi connectivity index (χ1n) is 13.1. The van der Waals surface area contributed by atoms with Crippen LogP contribution in [0.5, 0.6) is 0 Å². The maximum absolute atomic E-state index is 14.1. The molecule has 0 radical (unpaired) electrons. The van der Waals surface area contributed by atoms with Crippen LogP contribution in [0.4, 0.5) is 20.3 Å². The van der Waals surface area contributed by atoms with Gasteiger partial charge in [-0.05, 0) is 49.1 Å². The normalized spacial score (nSPS) is 21.2. The van der Waals surface area contributed by atoms with Crippen LogP contribution in [0.2, 0.25) is 0 Å². The summed E-state index contributed by atoms with van der Waals surface area (Å²) < 4.78 is 34.9. The Morgan fingerprint density at radius 1 is 1.18 bits per heavy atom. The molecule has 208 valence electrons. The second-order valence-electron chi connectivity index (χ2n) is 10.3. The molecule has 13 heteroatoms. The lowest BCUT2D eigenvalue weighted by molar-refractivity contribution is -0.127. The van der Waals surface area contributed by atoms with E-state index < -0.39 is 17.2 Å². The van der Waals surface area contributed by atoms with Gasteiger partial charge in [-0.1, -0.05) is 0 Å². The van der Waals surface area contributed by atoms with E-state index in [-0.39, 0.29) is 24.3 Å². The number of fused-ring (bicyclic) bond motifs is 1. The van der Waals surface area contributed by atoms with Gasteiger partial charge in [-0.2, -0.15) is 0 Å². The van der Waals surface area contributed by atoms with Gasteiger partial charge in [0.25, 0.3) is 0 Å². The minimum atomic E-state index is -1.10. The number of aromatic nitrogens is 5. The Bertz CT molecular complexity index is 1570. The van der Waals surface area contributed by atoms with Crippen molar-refractivity contribution in [1.82, 2.24) is 29.8 Å². The van der Waals surface area contributed by atoms with Crippen LogP contribution < -0.4 is 21.7 Å². The Kier molecular flexibility index (Phi) is 6.76. The summed E-state index contributed by atoms with van der Waals surface area (Å²) in [7, 11) is 0. The fraction of sp³-hybridized carbons (Fsp3) is 0.370. The number of anilines is 2. The number of carbonyl (C=O) groups is 1. The smallest absolute Gasteiger partial charge is 0.242 e. The van der Waals surface area contributed by atoms with Gasteiger partial charge in [-0.15, -0.1) is 0 Å². The van der Waals surface area contributed by atoms with Crippen LogP contribution in [-0.2, 0) is 16.1 Å². The monoisotopic (exact) mass is 549 g/mol. The molecule has 11 nitrogen and oxygen atoms in total. The predicted molar refractivity (Wildman–Crippen MR) is 144 cm³/mol. The highest BCUT2D eigenvalue weighted by molar-refractivity contribution is 5.87. The van der Waals surface area contributed by atoms with Crippen LogP contribution in [-0.4, -0.2) is 68.3 Å². The van der Waals surface area contributed by atoms with Gasteiger partial charge >= 0.3 is 0 Å². The lowest BCUT2D eigenvalue weighted by atomic mass is 9.88. The van der Waals surface area contributed by atoms with E-state index >= 15 is 0 Å². The van der Waals surface area contributed by atoms with E-state index in [9.17, 15) is 13.6 Å². The molecule has 3 aromatic heterocycles. The summed E-state index contributed by atoms with van der Waals surface area (Å²) >= 11 is 0. The van der Waals surface area contributed by atoms with E-state index in [1.165, 1.54) is 12.4 Å². The second kappa shape index (κ2) is 10.4. The molecule has 2 aliphatic heterocycles. The Morgan fingerprint density at radius 3 is 2.85 bits per heavy atom. The lowest BCUT2D eigenvalue weighted by Crippen LogP contribution is -2.64. The van der Waals surface area contributed by atoms with Crippen LogP contribution in [0.25, 0.3) is 22.4 Å². The van der Waals surface area contributed by atoms with Crippen molar-refractivity contribution in [2.45, 2.75) is 37.4 Å². The molecule has 5 N–H and O–H groups in total. The van der Waals surface area contributed by atoms with E-state index in [0.717, 1.165) is 29.8 Å². The number of imidazole rings is 1. The molecule has 2 aliphatic rings. The van der Waals surface area contributed by atoms with Gasteiger partial charge in [0.1, 0.15) is 17.4 Å². The number of nitrogen functional groups attached to an aromatic ring is 1. The van der Waals surface area contributed by atoms with Gasteiger partial charge in [-0.25, -0.2) is 23.7 Å². The molecule has 0 saturated carbocycles. The van der Waals surface area contributed by atoms with Gasteiger partial charge in [-0.3, -0.25) is 9.78 Å². The van der Waals surface area contributed by atoms with E-state index in [2.05, 4.69) is 25.3 Å².